The SMILES string of the molecule is C[C@H]1C[C@H](C)CN(C(=O)[C@@H](C)OC(=O)c2ccc(Cl)c(S(N)(=O)=O)c2)C1. The standard InChI is InChI=1S/C17H23ClN2O5S/c1-10-6-11(2)9-20(8-10)16(21)12(3)25-17(22)13-4-5-14(18)15(7-13)26(19,23)24/h4-5,7,10-12H,6,8-9H2,1-3H3,(H2,19,23,24)/t10-,11-,12+/m0/s1. The van der Waals surface area contributed by atoms with Gasteiger partial charge in [-0.2, -0.15) is 0 Å². The minimum atomic E-state index is -4.08. The molecule has 2 N–H and O–H groups in total. The van der Waals surface area contributed by atoms with Gasteiger partial charge in [0, 0.05) is 13.1 Å². The third kappa shape index (κ3) is 4.96. The summed E-state index contributed by atoms with van der Waals surface area (Å²) in [6.45, 7) is 6.91. The zero-order chi connectivity index (χ0) is 19.6. The van der Waals surface area contributed by atoms with E-state index in [4.69, 9.17) is 21.5 Å². The van der Waals surface area contributed by atoms with Crippen LogP contribution in [0.4, 0.5) is 0 Å². The maximum Gasteiger partial charge on any atom is 0.338 e. The highest BCUT2D eigenvalue weighted by atomic mass is 35.5. The first-order valence-electron chi connectivity index (χ1n) is 8.31. The van der Waals surface area contributed by atoms with Gasteiger partial charge in [-0.1, -0.05) is 25.4 Å². The molecule has 1 saturated heterocycles. The van der Waals surface area contributed by atoms with Crippen LogP contribution in [0, 0.1) is 11.8 Å². The number of hydrogen-bond acceptors (Lipinski definition) is 5. The number of hydrogen-bond donors (Lipinski definition) is 1. The second-order valence-electron chi connectivity index (χ2n) is 6.93. The van der Waals surface area contributed by atoms with E-state index in [1.807, 2.05) is 0 Å². The van der Waals surface area contributed by atoms with Gasteiger partial charge < -0.3 is 9.64 Å². The van der Waals surface area contributed by atoms with Crippen LogP contribution in [0.15, 0.2) is 23.1 Å². The second-order valence-corrected chi connectivity index (χ2v) is 8.86. The first kappa shape index (κ1) is 20.7. The summed E-state index contributed by atoms with van der Waals surface area (Å²) in [7, 11) is -4.08. The third-order valence-corrected chi connectivity index (χ3v) is 5.68. The summed E-state index contributed by atoms with van der Waals surface area (Å²) in [4.78, 5) is 26.2. The highest BCUT2D eigenvalue weighted by Gasteiger charge is 2.30. The minimum Gasteiger partial charge on any atom is -0.449 e. The van der Waals surface area contributed by atoms with Crippen molar-refractivity contribution in [3.63, 3.8) is 0 Å². The van der Waals surface area contributed by atoms with E-state index in [1.54, 1.807) is 4.90 Å². The lowest BCUT2D eigenvalue weighted by molar-refractivity contribution is -0.142. The number of halogens is 1. The molecule has 0 saturated carbocycles. The molecule has 9 heteroatoms. The van der Waals surface area contributed by atoms with E-state index in [-0.39, 0.29) is 21.4 Å². The molecular formula is C17H23ClN2O5S. The Hall–Kier alpha value is -1.64. The van der Waals surface area contributed by atoms with Crippen molar-refractivity contribution in [1.82, 2.24) is 4.90 Å². The molecule has 2 rings (SSSR count). The van der Waals surface area contributed by atoms with Crippen molar-refractivity contribution >= 4 is 33.5 Å². The summed E-state index contributed by atoms with van der Waals surface area (Å²) in [5.74, 6) is -0.304. The Morgan fingerprint density at radius 1 is 1.27 bits per heavy atom. The molecule has 1 aliphatic rings. The molecule has 7 nitrogen and oxygen atoms in total. The number of ether oxygens (including phenoxy) is 1. The van der Waals surface area contributed by atoms with Gasteiger partial charge in [0.1, 0.15) is 4.90 Å². The zero-order valence-electron chi connectivity index (χ0n) is 14.9. The molecule has 1 aliphatic heterocycles. The number of esters is 1. The van der Waals surface area contributed by atoms with Crippen molar-refractivity contribution < 1.29 is 22.7 Å². The lowest BCUT2D eigenvalue weighted by Crippen LogP contribution is -2.47. The summed E-state index contributed by atoms with van der Waals surface area (Å²) in [5.41, 5.74) is -0.0431. The Labute approximate surface area is 158 Å². The molecule has 0 bridgehead atoms. The van der Waals surface area contributed by atoms with Crippen molar-refractivity contribution in [3.05, 3.63) is 28.8 Å². The van der Waals surface area contributed by atoms with E-state index in [9.17, 15) is 18.0 Å². The number of primary sulfonamides is 1. The van der Waals surface area contributed by atoms with Gasteiger partial charge in [0.05, 0.1) is 10.6 Å². The van der Waals surface area contributed by atoms with Crippen LogP contribution in [0.2, 0.25) is 5.02 Å². The first-order chi connectivity index (χ1) is 12.0. The maximum absolute atomic E-state index is 12.5. The van der Waals surface area contributed by atoms with Crippen LogP contribution < -0.4 is 5.14 Å². The quantitative estimate of drug-likeness (QED) is 0.775. The number of carbonyl (C=O) groups excluding carboxylic acids is 2. The molecule has 0 radical (unpaired) electrons. The summed E-state index contributed by atoms with van der Waals surface area (Å²) in [6.07, 6.45) is 0.0765. The predicted molar refractivity (Wildman–Crippen MR) is 97.2 cm³/mol. The monoisotopic (exact) mass is 402 g/mol. The highest BCUT2D eigenvalue weighted by Crippen LogP contribution is 2.24. The highest BCUT2D eigenvalue weighted by molar-refractivity contribution is 7.89. The number of likely N-dealkylation sites (tertiary alicyclic amines) is 1. The molecule has 0 aromatic heterocycles. The van der Waals surface area contributed by atoms with Crippen LogP contribution in [0.5, 0.6) is 0 Å². The average Bonchev–Trinajstić information content (AvgIpc) is 2.52. The molecule has 1 amide bonds. The molecule has 1 heterocycles. The Kier molecular flexibility index (Phi) is 6.31. The summed E-state index contributed by atoms with van der Waals surface area (Å²) in [5, 5.41) is 4.98. The average molecular weight is 403 g/mol. The van der Waals surface area contributed by atoms with Gasteiger partial charge in [-0.25, -0.2) is 18.4 Å². The van der Waals surface area contributed by atoms with Gasteiger partial charge in [0.2, 0.25) is 10.0 Å². The molecule has 26 heavy (non-hydrogen) atoms. The molecule has 1 aromatic rings. The number of nitrogens with two attached hydrogens (primary N) is 1. The second kappa shape index (κ2) is 7.94. The van der Waals surface area contributed by atoms with E-state index < -0.39 is 22.1 Å². The minimum absolute atomic E-state index is 0.0431. The lowest BCUT2D eigenvalue weighted by Gasteiger charge is -2.36. The summed E-state index contributed by atoms with van der Waals surface area (Å²) < 4.78 is 28.2. The van der Waals surface area contributed by atoms with Crippen LogP contribution >= 0.6 is 11.6 Å². The van der Waals surface area contributed by atoms with Crippen molar-refractivity contribution in [3.8, 4) is 0 Å². The van der Waals surface area contributed by atoms with Gasteiger partial charge in [-0.05, 0) is 43.4 Å². The number of sulfonamides is 1. The maximum atomic E-state index is 12.5. The number of amides is 1. The number of rotatable bonds is 4. The number of piperidine rings is 1. The number of nitrogens with zero attached hydrogens (tertiary/aromatic N) is 1. The Balaban J connectivity index is 2.11. The van der Waals surface area contributed by atoms with E-state index in [1.165, 1.54) is 19.1 Å². The third-order valence-electron chi connectivity index (χ3n) is 4.29. The molecule has 0 unspecified atom stereocenters. The van der Waals surface area contributed by atoms with E-state index in [2.05, 4.69) is 13.8 Å². The summed E-state index contributed by atoms with van der Waals surface area (Å²) in [6, 6.07) is 3.61. The number of benzene rings is 1. The van der Waals surface area contributed by atoms with Gasteiger partial charge >= 0.3 is 5.97 Å². The van der Waals surface area contributed by atoms with Gasteiger partial charge in [0.15, 0.2) is 6.10 Å². The lowest BCUT2D eigenvalue weighted by atomic mass is 9.91. The first-order valence-corrected chi connectivity index (χ1v) is 10.2. The molecule has 0 aliphatic carbocycles. The normalized spacial score (nSPS) is 22.0. The molecule has 1 aromatic carbocycles. The van der Waals surface area contributed by atoms with E-state index in [0.29, 0.717) is 24.9 Å². The molecular weight excluding hydrogens is 380 g/mol. The fourth-order valence-electron chi connectivity index (χ4n) is 3.23. The van der Waals surface area contributed by atoms with Crippen molar-refractivity contribution in [1.29, 1.82) is 0 Å². The van der Waals surface area contributed by atoms with E-state index >= 15 is 0 Å². The Bertz CT molecular complexity index is 801. The molecule has 1 fully saturated rings. The van der Waals surface area contributed by atoms with Crippen LogP contribution in [0.25, 0.3) is 0 Å². The fraction of sp³-hybridized carbons (Fsp3) is 0.529. The Morgan fingerprint density at radius 2 is 1.85 bits per heavy atom. The van der Waals surface area contributed by atoms with Gasteiger partial charge in [-0.3, -0.25) is 4.79 Å². The van der Waals surface area contributed by atoms with Crippen LogP contribution in [0.3, 0.4) is 0 Å². The number of carbonyl (C=O) groups is 2. The molecule has 0 spiro atoms. The predicted octanol–water partition coefficient (Wildman–Crippen LogP) is 2.04. The van der Waals surface area contributed by atoms with Crippen molar-refractivity contribution in [2.24, 2.45) is 17.0 Å². The largest absolute Gasteiger partial charge is 0.449 e. The van der Waals surface area contributed by atoms with Crippen molar-refractivity contribution in [2.75, 3.05) is 13.1 Å². The molecule has 144 valence electrons. The van der Waals surface area contributed by atoms with Crippen LogP contribution in [0.1, 0.15) is 37.6 Å². The smallest absolute Gasteiger partial charge is 0.338 e. The summed E-state index contributed by atoms with van der Waals surface area (Å²) >= 11 is 5.80. The Morgan fingerprint density at radius 3 is 2.38 bits per heavy atom. The zero-order valence-corrected chi connectivity index (χ0v) is 16.5. The van der Waals surface area contributed by atoms with Crippen molar-refractivity contribution in [2.45, 2.75) is 38.2 Å². The topological polar surface area (TPSA) is 107 Å². The molecule has 3 atom stereocenters. The van der Waals surface area contributed by atoms with Gasteiger partial charge in [0.25, 0.3) is 5.91 Å². The van der Waals surface area contributed by atoms with Gasteiger partial charge in [-0.15, -0.1) is 0 Å². The van der Waals surface area contributed by atoms with E-state index in [0.717, 1.165) is 12.5 Å². The van der Waals surface area contributed by atoms with Crippen LogP contribution in [-0.2, 0) is 19.6 Å². The van der Waals surface area contributed by atoms with Crippen LogP contribution in [-0.4, -0.2) is 44.4 Å². The fourth-order valence-corrected chi connectivity index (χ4v) is 4.30.